The van der Waals surface area contributed by atoms with E-state index in [-0.39, 0.29) is 17.3 Å². The molecule has 0 rings (SSSR count). The Balaban J connectivity index is 5.28. The van der Waals surface area contributed by atoms with Crippen LogP contribution in [0.1, 0.15) is 34.1 Å². The van der Waals surface area contributed by atoms with Gasteiger partial charge in [-0.3, -0.25) is 4.79 Å². The lowest BCUT2D eigenvalue weighted by atomic mass is 9.80. The molecule has 4 heteroatoms. The number of Topliss-reactive ketones (excluding diaryl/α,β-unsaturated/α-hetero) is 3. The molecule has 0 fully saturated rings. The van der Waals surface area contributed by atoms with Crippen LogP contribution in [0.2, 0.25) is 4.28 Å². The van der Waals surface area contributed by atoms with Crippen molar-refractivity contribution in [1.29, 1.82) is 0 Å². The Morgan fingerprint density at radius 3 is 1.57 bits per heavy atom. The van der Waals surface area contributed by atoms with Gasteiger partial charge in [0, 0.05) is 10.2 Å². The van der Waals surface area contributed by atoms with E-state index in [1.165, 1.54) is 20.8 Å². The molecule has 0 aliphatic carbocycles. The van der Waals surface area contributed by atoms with Crippen LogP contribution in [-0.2, 0) is 14.4 Å². The third-order valence-electron chi connectivity index (χ3n) is 3.06. The molecule has 0 radical (unpaired) electrons. The molecule has 0 saturated heterocycles. The second-order valence-electron chi connectivity index (χ2n) is 3.89. The predicted octanol–water partition coefficient (Wildman–Crippen LogP) is 0.571. The fourth-order valence-corrected chi connectivity index (χ4v) is 2.66. The summed E-state index contributed by atoms with van der Waals surface area (Å²) in [6, 6.07) is 0. The largest absolute Gasteiger partial charge is 0.300 e. The molecule has 0 aliphatic heterocycles. The average molecular weight is 212 g/mol. The van der Waals surface area contributed by atoms with E-state index in [9.17, 15) is 14.4 Å². The van der Waals surface area contributed by atoms with Gasteiger partial charge in [-0.25, -0.2) is 0 Å². The van der Waals surface area contributed by atoms with Crippen molar-refractivity contribution in [2.24, 2.45) is 5.92 Å². The zero-order chi connectivity index (χ0) is 11.5. The Bertz CT molecular complexity index is 257. The molecule has 0 aromatic carbocycles. The molecule has 1 atom stereocenters. The van der Waals surface area contributed by atoms with Crippen LogP contribution in [0.5, 0.6) is 0 Å². The summed E-state index contributed by atoms with van der Waals surface area (Å²) in [5.74, 6) is -0.825. The van der Waals surface area contributed by atoms with Gasteiger partial charge in [0.05, 0.1) is 0 Å². The number of carbonyl (C=O) groups is 3. The fourth-order valence-electron chi connectivity index (χ4n) is 1.84. The normalized spacial score (nSPS) is 13.4. The second kappa shape index (κ2) is 4.86. The monoisotopic (exact) mass is 212 g/mol. The Morgan fingerprint density at radius 2 is 1.50 bits per heavy atom. The topological polar surface area (TPSA) is 51.2 Å². The maximum atomic E-state index is 11.5. The van der Waals surface area contributed by atoms with Gasteiger partial charge in [-0.05, 0) is 27.2 Å². The molecule has 0 spiro atoms. The van der Waals surface area contributed by atoms with Gasteiger partial charge in [0.25, 0.3) is 0 Å². The van der Waals surface area contributed by atoms with Crippen LogP contribution in [0.25, 0.3) is 0 Å². The molecule has 0 aromatic heterocycles. The van der Waals surface area contributed by atoms with Crippen LogP contribution in [0.3, 0.4) is 0 Å². The van der Waals surface area contributed by atoms with E-state index >= 15 is 0 Å². The van der Waals surface area contributed by atoms with Crippen molar-refractivity contribution < 1.29 is 14.4 Å². The van der Waals surface area contributed by atoms with Gasteiger partial charge in [0.1, 0.15) is 17.3 Å². The molecular formula is C10H17AlO3. The second-order valence-corrected chi connectivity index (χ2v) is 5.46. The Morgan fingerprint density at radius 1 is 1.14 bits per heavy atom. The number of ketones is 3. The lowest BCUT2D eigenvalue weighted by molar-refractivity contribution is -0.136. The summed E-state index contributed by atoms with van der Waals surface area (Å²) in [5, 5.41) is 0. The molecule has 78 valence electrons. The number of hydrogen-bond acceptors (Lipinski definition) is 3. The minimum absolute atomic E-state index is 0.0621. The Kier molecular flexibility index (Phi) is 4.70. The molecule has 0 amide bonds. The standard InChI is InChI=1S/C10H15O3.Al.2H/c1-5-9(6(2)11)10(7(3)12)8(4)13;;;/h9H,5H2,1-4H3;;;. The molecule has 0 heterocycles. The quantitative estimate of drug-likeness (QED) is 0.494. The predicted molar refractivity (Wildman–Crippen MR) is 57.1 cm³/mol. The van der Waals surface area contributed by atoms with Crippen LogP contribution >= 0.6 is 0 Å². The van der Waals surface area contributed by atoms with E-state index < -0.39 is 10.2 Å². The maximum absolute atomic E-state index is 11.5. The van der Waals surface area contributed by atoms with Gasteiger partial charge < -0.3 is 9.59 Å². The van der Waals surface area contributed by atoms with Crippen LogP contribution in [0.4, 0.5) is 0 Å². The fraction of sp³-hybridized carbons (Fsp3) is 0.700. The number of rotatable bonds is 5. The maximum Gasteiger partial charge on any atom is 0.246 e. The van der Waals surface area contributed by atoms with Crippen LogP contribution in [-0.4, -0.2) is 33.6 Å². The van der Waals surface area contributed by atoms with E-state index in [4.69, 9.17) is 0 Å². The molecule has 0 N–H and O–H groups in total. The number of carbonyl (C=O) groups excluding carboxylic acids is 3. The molecule has 0 bridgehead atoms. The Hall–Kier alpha value is -0.458. The minimum atomic E-state index is -0.999. The highest BCUT2D eigenvalue weighted by Crippen LogP contribution is 2.37. The van der Waals surface area contributed by atoms with Crippen molar-refractivity contribution in [2.75, 3.05) is 0 Å². The van der Waals surface area contributed by atoms with Gasteiger partial charge in [0.2, 0.25) is 16.3 Å². The summed E-state index contributed by atoms with van der Waals surface area (Å²) in [7, 11) is 0. The molecule has 0 saturated carbocycles. The SMILES string of the molecule is CCC(C(C)=O)[C]([AlH2])(C(C)=O)C(C)=O. The van der Waals surface area contributed by atoms with Crippen molar-refractivity contribution in [3.8, 4) is 0 Å². The summed E-state index contributed by atoms with van der Waals surface area (Å²) in [5.41, 5.74) is 0. The van der Waals surface area contributed by atoms with Crippen LogP contribution in [0.15, 0.2) is 0 Å². The number of hydrogen-bond donors (Lipinski definition) is 0. The molecule has 14 heavy (non-hydrogen) atoms. The van der Waals surface area contributed by atoms with Crippen molar-refractivity contribution in [3.05, 3.63) is 0 Å². The summed E-state index contributed by atoms with van der Waals surface area (Å²) >= 11 is 0.408. The summed E-state index contributed by atoms with van der Waals surface area (Å²) in [4.78, 5) is 34.3. The molecule has 3 nitrogen and oxygen atoms in total. The highest BCUT2D eigenvalue weighted by molar-refractivity contribution is 6.42. The Labute approximate surface area is 92.7 Å². The van der Waals surface area contributed by atoms with Gasteiger partial charge in [-0.15, -0.1) is 0 Å². The summed E-state index contributed by atoms with van der Waals surface area (Å²) in [6.07, 6.45) is 0.554. The first-order chi connectivity index (χ1) is 6.28. The van der Waals surface area contributed by atoms with Crippen molar-refractivity contribution in [2.45, 2.75) is 38.4 Å². The third kappa shape index (κ3) is 2.31. The lowest BCUT2D eigenvalue weighted by Crippen LogP contribution is -2.40. The van der Waals surface area contributed by atoms with Crippen LogP contribution < -0.4 is 0 Å². The summed E-state index contributed by atoms with van der Waals surface area (Å²) < 4.78 is -0.999. The molecule has 0 aliphatic rings. The zero-order valence-electron chi connectivity index (χ0n) is 9.51. The van der Waals surface area contributed by atoms with Crippen molar-refractivity contribution in [3.63, 3.8) is 0 Å². The highest BCUT2D eigenvalue weighted by atomic mass is 27.0. The first kappa shape index (κ1) is 13.5. The third-order valence-corrected chi connectivity index (χ3v) is 5.16. The van der Waals surface area contributed by atoms with Gasteiger partial charge in [0.15, 0.2) is 0 Å². The van der Waals surface area contributed by atoms with E-state index in [1.54, 1.807) is 0 Å². The minimum Gasteiger partial charge on any atom is -0.300 e. The zero-order valence-corrected chi connectivity index (χ0v) is 11.5. The van der Waals surface area contributed by atoms with Crippen LogP contribution in [0, 0.1) is 5.92 Å². The smallest absolute Gasteiger partial charge is 0.246 e. The van der Waals surface area contributed by atoms with E-state index in [0.717, 1.165) is 0 Å². The highest BCUT2D eigenvalue weighted by Gasteiger charge is 2.43. The lowest BCUT2D eigenvalue weighted by Gasteiger charge is -2.31. The van der Waals surface area contributed by atoms with Gasteiger partial charge >= 0.3 is 0 Å². The summed E-state index contributed by atoms with van der Waals surface area (Å²) in [6.45, 7) is 6.09. The van der Waals surface area contributed by atoms with E-state index in [2.05, 4.69) is 0 Å². The van der Waals surface area contributed by atoms with Crippen molar-refractivity contribution in [1.82, 2.24) is 0 Å². The van der Waals surface area contributed by atoms with Gasteiger partial charge in [-0.2, -0.15) is 0 Å². The van der Waals surface area contributed by atoms with E-state index in [0.29, 0.717) is 22.7 Å². The van der Waals surface area contributed by atoms with Crippen molar-refractivity contribution >= 4 is 33.6 Å². The van der Waals surface area contributed by atoms with Gasteiger partial charge in [-0.1, -0.05) is 6.92 Å². The average Bonchev–Trinajstić information content (AvgIpc) is 2.03. The molecule has 0 aromatic rings. The first-order valence-electron chi connectivity index (χ1n) is 4.81. The first-order valence-corrected chi connectivity index (χ1v) is 5.81. The molecule has 1 unspecified atom stereocenters. The molecular weight excluding hydrogens is 195 g/mol. The van der Waals surface area contributed by atoms with E-state index in [1.807, 2.05) is 6.92 Å².